The van der Waals surface area contributed by atoms with E-state index in [0.717, 1.165) is 0 Å². The van der Waals surface area contributed by atoms with Gasteiger partial charge < -0.3 is 5.32 Å². The van der Waals surface area contributed by atoms with Crippen molar-refractivity contribution in [1.29, 1.82) is 0 Å². The van der Waals surface area contributed by atoms with Crippen LogP contribution in [-0.4, -0.2) is 0 Å². The highest BCUT2D eigenvalue weighted by molar-refractivity contribution is 5.29. The van der Waals surface area contributed by atoms with E-state index >= 15 is 0 Å². The lowest BCUT2D eigenvalue weighted by Gasteiger charge is -2.25. The minimum absolute atomic E-state index is 0.369. The summed E-state index contributed by atoms with van der Waals surface area (Å²) in [6, 6.07) is 20.3. The Bertz CT molecular complexity index is 533. The molecule has 1 N–H and O–H groups in total. The number of unbranched alkanes of at least 4 members (excludes halogenated alkanes) is 1. The van der Waals surface area contributed by atoms with Gasteiger partial charge in [0, 0.05) is 12.1 Å². The minimum atomic E-state index is 0.369. The van der Waals surface area contributed by atoms with Gasteiger partial charge in [-0.3, -0.25) is 0 Å². The van der Waals surface area contributed by atoms with Gasteiger partial charge in [-0.15, -0.1) is 0 Å². The van der Waals surface area contributed by atoms with Gasteiger partial charge in [0.05, 0.1) is 0 Å². The molecule has 0 heterocycles. The molecule has 0 aliphatic heterocycles. The first-order valence-corrected chi connectivity index (χ1v) is 8.09. The van der Waals surface area contributed by atoms with Crippen LogP contribution in [0.15, 0.2) is 54.6 Å². The molecule has 1 heteroatoms. The van der Waals surface area contributed by atoms with Gasteiger partial charge in [0.25, 0.3) is 0 Å². The quantitative estimate of drug-likeness (QED) is 0.699. The zero-order chi connectivity index (χ0) is 15.1. The van der Waals surface area contributed by atoms with Crippen LogP contribution in [0.1, 0.15) is 61.9 Å². The van der Waals surface area contributed by atoms with Crippen molar-refractivity contribution < 1.29 is 0 Å². The summed E-state index contributed by atoms with van der Waals surface area (Å²) in [5.41, 5.74) is 4.15. The third-order valence-electron chi connectivity index (χ3n) is 4.15. The van der Waals surface area contributed by atoms with E-state index < -0.39 is 0 Å². The number of nitrogens with one attached hydrogen (secondary N) is 1. The molecule has 0 aliphatic carbocycles. The molecule has 0 saturated heterocycles. The molecule has 2 aromatic rings. The van der Waals surface area contributed by atoms with Crippen LogP contribution in [0.3, 0.4) is 0 Å². The van der Waals surface area contributed by atoms with Gasteiger partial charge in [-0.2, -0.15) is 0 Å². The Morgan fingerprint density at radius 2 is 1.62 bits per heavy atom. The van der Waals surface area contributed by atoms with E-state index in [2.05, 4.69) is 80.7 Å². The van der Waals surface area contributed by atoms with Crippen LogP contribution in [0.5, 0.6) is 0 Å². The molecule has 0 spiro atoms. The molecule has 1 nitrogen and oxygen atoms in total. The molecule has 0 aliphatic rings. The molecular formula is C20H27N. The van der Waals surface area contributed by atoms with Crippen molar-refractivity contribution in [2.45, 2.75) is 52.1 Å². The molecular weight excluding hydrogens is 254 g/mol. The molecule has 2 atom stereocenters. The molecule has 2 unspecified atom stereocenters. The third-order valence-corrected chi connectivity index (χ3v) is 4.15. The van der Waals surface area contributed by atoms with E-state index in [4.69, 9.17) is 0 Å². The van der Waals surface area contributed by atoms with Crippen LogP contribution in [0, 0.1) is 6.92 Å². The molecule has 112 valence electrons. The Balaban J connectivity index is 2.13. The summed E-state index contributed by atoms with van der Waals surface area (Å²) in [4.78, 5) is 0. The number of benzene rings is 2. The summed E-state index contributed by atoms with van der Waals surface area (Å²) < 4.78 is 0. The highest BCUT2D eigenvalue weighted by Gasteiger charge is 2.15. The summed E-state index contributed by atoms with van der Waals surface area (Å²) in [6.45, 7) is 6.72. The summed E-state index contributed by atoms with van der Waals surface area (Å²) in [5, 5.41) is 3.83. The second-order valence-electron chi connectivity index (χ2n) is 5.85. The SMILES string of the molecule is CCCCC(NC(C)c1ccccc1C)c1ccccc1. The van der Waals surface area contributed by atoms with Crippen LogP contribution >= 0.6 is 0 Å². The van der Waals surface area contributed by atoms with Gasteiger partial charge in [-0.05, 0) is 37.0 Å². The molecule has 0 bridgehead atoms. The van der Waals surface area contributed by atoms with Crippen molar-refractivity contribution in [3.8, 4) is 0 Å². The van der Waals surface area contributed by atoms with Crippen LogP contribution in [0.4, 0.5) is 0 Å². The van der Waals surface area contributed by atoms with Crippen molar-refractivity contribution in [3.63, 3.8) is 0 Å². The number of hydrogen-bond donors (Lipinski definition) is 1. The molecule has 0 aromatic heterocycles. The van der Waals surface area contributed by atoms with E-state index in [9.17, 15) is 0 Å². The van der Waals surface area contributed by atoms with E-state index in [-0.39, 0.29) is 0 Å². The normalized spacial score (nSPS) is 13.9. The molecule has 2 rings (SSSR count). The van der Waals surface area contributed by atoms with Crippen molar-refractivity contribution in [3.05, 3.63) is 71.3 Å². The molecule has 2 aromatic carbocycles. The zero-order valence-corrected chi connectivity index (χ0v) is 13.5. The fourth-order valence-electron chi connectivity index (χ4n) is 2.90. The fraction of sp³-hybridized carbons (Fsp3) is 0.400. The summed E-state index contributed by atoms with van der Waals surface area (Å²) >= 11 is 0. The Morgan fingerprint density at radius 1 is 0.952 bits per heavy atom. The Morgan fingerprint density at radius 3 is 2.29 bits per heavy atom. The first-order valence-electron chi connectivity index (χ1n) is 8.09. The molecule has 0 fully saturated rings. The Labute approximate surface area is 129 Å². The lowest BCUT2D eigenvalue weighted by atomic mass is 9.97. The van der Waals surface area contributed by atoms with Crippen molar-refractivity contribution in [2.75, 3.05) is 0 Å². The molecule has 0 saturated carbocycles. The molecule has 0 radical (unpaired) electrons. The van der Waals surface area contributed by atoms with E-state index in [0.29, 0.717) is 12.1 Å². The van der Waals surface area contributed by atoms with Crippen molar-refractivity contribution >= 4 is 0 Å². The van der Waals surface area contributed by atoms with Gasteiger partial charge in [-0.1, -0.05) is 74.4 Å². The van der Waals surface area contributed by atoms with Crippen molar-refractivity contribution in [1.82, 2.24) is 5.32 Å². The summed E-state index contributed by atoms with van der Waals surface area (Å²) in [7, 11) is 0. The maximum Gasteiger partial charge on any atom is 0.0325 e. The van der Waals surface area contributed by atoms with Gasteiger partial charge in [0.2, 0.25) is 0 Å². The van der Waals surface area contributed by atoms with Gasteiger partial charge in [0.1, 0.15) is 0 Å². The van der Waals surface area contributed by atoms with Crippen LogP contribution in [0.2, 0.25) is 0 Å². The first kappa shape index (κ1) is 15.8. The first-order chi connectivity index (χ1) is 10.2. The van der Waals surface area contributed by atoms with E-state index in [1.807, 2.05) is 0 Å². The van der Waals surface area contributed by atoms with Crippen LogP contribution in [0.25, 0.3) is 0 Å². The average molecular weight is 281 g/mol. The Hall–Kier alpha value is -1.60. The summed E-state index contributed by atoms with van der Waals surface area (Å²) in [5.74, 6) is 0. The van der Waals surface area contributed by atoms with E-state index in [1.165, 1.54) is 36.0 Å². The standard InChI is InChI=1S/C20H27N/c1-4-5-15-20(18-12-7-6-8-13-18)21-17(3)19-14-10-9-11-16(19)2/h6-14,17,20-21H,4-5,15H2,1-3H3. The highest BCUT2D eigenvalue weighted by atomic mass is 14.9. The topological polar surface area (TPSA) is 12.0 Å². The number of rotatable bonds is 7. The minimum Gasteiger partial charge on any atom is -0.303 e. The second kappa shape index (κ2) is 7.99. The maximum absolute atomic E-state index is 3.83. The second-order valence-corrected chi connectivity index (χ2v) is 5.85. The third kappa shape index (κ3) is 4.44. The Kier molecular flexibility index (Phi) is 6.01. The zero-order valence-electron chi connectivity index (χ0n) is 13.5. The smallest absolute Gasteiger partial charge is 0.0325 e. The average Bonchev–Trinajstić information content (AvgIpc) is 2.52. The van der Waals surface area contributed by atoms with Gasteiger partial charge in [0.15, 0.2) is 0 Å². The van der Waals surface area contributed by atoms with Crippen LogP contribution in [-0.2, 0) is 0 Å². The lowest BCUT2D eigenvalue weighted by molar-refractivity contribution is 0.430. The molecule has 0 amide bonds. The largest absolute Gasteiger partial charge is 0.303 e. The predicted octanol–water partition coefficient (Wildman–Crippen LogP) is 5.58. The van der Waals surface area contributed by atoms with E-state index in [1.54, 1.807) is 0 Å². The number of hydrogen-bond acceptors (Lipinski definition) is 1. The lowest BCUT2D eigenvalue weighted by Crippen LogP contribution is -2.25. The monoisotopic (exact) mass is 281 g/mol. The highest BCUT2D eigenvalue weighted by Crippen LogP contribution is 2.25. The molecule has 21 heavy (non-hydrogen) atoms. The fourth-order valence-corrected chi connectivity index (χ4v) is 2.90. The predicted molar refractivity (Wildman–Crippen MR) is 91.4 cm³/mol. The van der Waals surface area contributed by atoms with Crippen molar-refractivity contribution in [2.24, 2.45) is 0 Å². The van der Waals surface area contributed by atoms with Crippen LogP contribution < -0.4 is 5.32 Å². The van der Waals surface area contributed by atoms with Gasteiger partial charge in [-0.25, -0.2) is 0 Å². The maximum atomic E-state index is 3.83. The van der Waals surface area contributed by atoms with Gasteiger partial charge >= 0.3 is 0 Å². The summed E-state index contributed by atoms with van der Waals surface area (Å²) in [6.07, 6.45) is 3.69. The number of aryl methyl sites for hydroxylation is 1.